The lowest BCUT2D eigenvalue weighted by Gasteiger charge is -2.29. The van der Waals surface area contributed by atoms with Crippen molar-refractivity contribution in [1.82, 2.24) is 10.2 Å². The van der Waals surface area contributed by atoms with Crippen molar-refractivity contribution in [3.63, 3.8) is 0 Å². The molecule has 0 bridgehead atoms. The predicted molar refractivity (Wildman–Crippen MR) is 56.4 cm³/mol. The lowest BCUT2D eigenvalue weighted by molar-refractivity contribution is -0.150. The molecule has 2 heterocycles. The second-order valence-corrected chi connectivity index (χ2v) is 4.32. The summed E-state index contributed by atoms with van der Waals surface area (Å²) in [5, 5.41) is 21.4. The van der Waals surface area contributed by atoms with Crippen LogP contribution in [0.5, 0.6) is 0 Å². The van der Waals surface area contributed by atoms with Gasteiger partial charge >= 0.3 is 5.97 Å². The molecule has 3 unspecified atom stereocenters. The molecule has 2 saturated heterocycles. The Morgan fingerprint density at radius 2 is 2.18 bits per heavy atom. The van der Waals surface area contributed by atoms with Crippen LogP contribution in [0.25, 0.3) is 0 Å². The lowest BCUT2D eigenvalue weighted by Crippen LogP contribution is -2.54. The fourth-order valence-electron chi connectivity index (χ4n) is 2.22. The Labute approximate surface area is 98.3 Å². The smallest absolute Gasteiger partial charge is 0.326 e. The molecule has 2 rings (SSSR count). The van der Waals surface area contributed by atoms with Crippen LogP contribution in [0.15, 0.2) is 0 Å². The lowest BCUT2D eigenvalue weighted by atomic mass is 10.2. The quantitative estimate of drug-likeness (QED) is 0.520. The van der Waals surface area contributed by atoms with Gasteiger partial charge in [0.15, 0.2) is 0 Å². The van der Waals surface area contributed by atoms with Crippen molar-refractivity contribution in [3.8, 4) is 0 Å². The number of β-amino-alcohol motifs (C(OH)–C–C–N with tert-alkyl or cyclic N) is 1. The minimum Gasteiger partial charge on any atom is -0.480 e. The van der Waals surface area contributed by atoms with E-state index in [2.05, 4.69) is 5.32 Å². The number of aliphatic hydroxyl groups excluding tert-OH is 1. The molecule has 0 aliphatic carbocycles. The molecular weight excluding hydrogens is 228 g/mol. The molecule has 0 spiro atoms. The molecule has 7 nitrogen and oxygen atoms in total. The van der Waals surface area contributed by atoms with Crippen LogP contribution in [0.2, 0.25) is 0 Å². The third kappa shape index (κ3) is 2.56. The molecular formula is C10H16N2O5. The van der Waals surface area contributed by atoms with E-state index in [0.29, 0.717) is 13.2 Å². The molecule has 17 heavy (non-hydrogen) atoms. The van der Waals surface area contributed by atoms with Gasteiger partial charge < -0.3 is 25.2 Å². The second kappa shape index (κ2) is 4.99. The Hall–Kier alpha value is -1.18. The number of aliphatic carboxylic acids is 1. The van der Waals surface area contributed by atoms with Crippen LogP contribution in [-0.2, 0) is 14.3 Å². The summed E-state index contributed by atoms with van der Waals surface area (Å²) in [6.07, 6.45) is -0.668. The summed E-state index contributed by atoms with van der Waals surface area (Å²) < 4.78 is 5.17. The number of hydrogen-bond donors (Lipinski definition) is 3. The molecule has 3 N–H and O–H groups in total. The predicted octanol–water partition coefficient (Wildman–Crippen LogP) is -1.98. The van der Waals surface area contributed by atoms with Gasteiger partial charge in [-0.05, 0) is 0 Å². The third-order valence-electron chi connectivity index (χ3n) is 3.07. The van der Waals surface area contributed by atoms with Crippen molar-refractivity contribution in [2.24, 2.45) is 0 Å². The van der Waals surface area contributed by atoms with Crippen molar-refractivity contribution >= 4 is 11.9 Å². The standard InChI is InChI=1S/C10H16N2O5/c13-6-3-8(10(15)16)12(4-6)9(14)7-5-17-2-1-11-7/h6-8,11,13H,1-5H2,(H,15,16). The summed E-state index contributed by atoms with van der Waals surface area (Å²) in [4.78, 5) is 24.3. The molecule has 96 valence electrons. The number of likely N-dealkylation sites (tertiary alicyclic amines) is 1. The second-order valence-electron chi connectivity index (χ2n) is 4.32. The molecule has 2 aliphatic rings. The number of carboxylic acids is 1. The highest BCUT2D eigenvalue weighted by Gasteiger charge is 2.41. The van der Waals surface area contributed by atoms with E-state index in [1.54, 1.807) is 0 Å². The first kappa shape index (κ1) is 12.3. The van der Waals surface area contributed by atoms with Crippen LogP contribution in [0.3, 0.4) is 0 Å². The van der Waals surface area contributed by atoms with Gasteiger partial charge in [-0.3, -0.25) is 4.79 Å². The van der Waals surface area contributed by atoms with Crippen molar-refractivity contribution in [3.05, 3.63) is 0 Å². The van der Waals surface area contributed by atoms with Gasteiger partial charge in [-0.1, -0.05) is 0 Å². The maximum absolute atomic E-state index is 12.1. The van der Waals surface area contributed by atoms with Crippen LogP contribution in [0.4, 0.5) is 0 Å². The first-order chi connectivity index (χ1) is 8.09. The van der Waals surface area contributed by atoms with Crippen molar-refractivity contribution in [2.45, 2.75) is 24.6 Å². The number of aliphatic hydroxyl groups is 1. The Balaban J connectivity index is 2.04. The summed E-state index contributed by atoms with van der Waals surface area (Å²) in [7, 11) is 0. The van der Waals surface area contributed by atoms with Crippen molar-refractivity contribution < 1.29 is 24.5 Å². The number of carboxylic acid groups (broad SMARTS) is 1. The molecule has 0 radical (unpaired) electrons. The van der Waals surface area contributed by atoms with Gasteiger partial charge in [0.05, 0.1) is 19.3 Å². The summed E-state index contributed by atoms with van der Waals surface area (Å²) in [6.45, 7) is 1.45. The first-order valence-corrected chi connectivity index (χ1v) is 5.62. The van der Waals surface area contributed by atoms with Crippen LogP contribution in [0, 0.1) is 0 Å². The highest BCUT2D eigenvalue weighted by atomic mass is 16.5. The molecule has 7 heteroatoms. The van der Waals surface area contributed by atoms with Gasteiger partial charge in [-0.2, -0.15) is 0 Å². The third-order valence-corrected chi connectivity index (χ3v) is 3.07. The molecule has 0 aromatic carbocycles. The number of hydrogen-bond acceptors (Lipinski definition) is 5. The Kier molecular flexibility index (Phi) is 3.60. The number of rotatable bonds is 2. The van der Waals surface area contributed by atoms with Crippen LogP contribution < -0.4 is 5.32 Å². The van der Waals surface area contributed by atoms with E-state index >= 15 is 0 Å². The van der Waals surface area contributed by atoms with Gasteiger partial charge in [-0.15, -0.1) is 0 Å². The number of carbonyl (C=O) groups is 2. The summed E-state index contributed by atoms with van der Waals surface area (Å²) >= 11 is 0. The van der Waals surface area contributed by atoms with Gasteiger partial charge in [-0.25, -0.2) is 4.79 Å². The molecule has 0 aromatic heterocycles. The van der Waals surface area contributed by atoms with E-state index in [-0.39, 0.29) is 25.5 Å². The Bertz CT molecular complexity index is 316. The minimum atomic E-state index is -1.08. The van der Waals surface area contributed by atoms with Crippen molar-refractivity contribution in [1.29, 1.82) is 0 Å². The topological polar surface area (TPSA) is 99.1 Å². The largest absolute Gasteiger partial charge is 0.480 e. The maximum Gasteiger partial charge on any atom is 0.326 e. The van der Waals surface area contributed by atoms with E-state index < -0.39 is 24.2 Å². The summed E-state index contributed by atoms with van der Waals surface area (Å²) in [5.74, 6) is -1.39. The average Bonchev–Trinajstić information content (AvgIpc) is 2.72. The minimum absolute atomic E-state index is 0.0774. The number of nitrogens with zero attached hydrogens (tertiary/aromatic N) is 1. The SMILES string of the molecule is O=C(O)C1CC(O)CN1C(=O)C1COCCN1. The first-order valence-electron chi connectivity index (χ1n) is 5.62. The van der Waals surface area contributed by atoms with E-state index in [0.717, 1.165) is 0 Å². The van der Waals surface area contributed by atoms with Crippen LogP contribution in [-0.4, -0.2) is 71.5 Å². The number of carbonyl (C=O) groups excluding carboxylic acids is 1. The zero-order valence-electron chi connectivity index (χ0n) is 9.33. The van der Waals surface area contributed by atoms with Crippen LogP contribution in [0.1, 0.15) is 6.42 Å². The van der Waals surface area contributed by atoms with Crippen molar-refractivity contribution in [2.75, 3.05) is 26.3 Å². The highest BCUT2D eigenvalue weighted by molar-refractivity contribution is 5.87. The molecule has 2 fully saturated rings. The van der Waals surface area contributed by atoms with Gasteiger partial charge in [0.2, 0.25) is 5.91 Å². The van der Waals surface area contributed by atoms with Crippen LogP contribution >= 0.6 is 0 Å². The fourth-order valence-corrected chi connectivity index (χ4v) is 2.22. The van der Waals surface area contributed by atoms with Gasteiger partial charge in [0, 0.05) is 19.5 Å². The molecule has 0 aromatic rings. The average molecular weight is 244 g/mol. The normalized spacial score (nSPS) is 33.7. The zero-order chi connectivity index (χ0) is 12.4. The zero-order valence-corrected chi connectivity index (χ0v) is 9.33. The fraction of sp³-hybridized carbons (Fsp3) is 0.800. The van der Waals surface area contributed by atoms with E-state index in [9.17, 15) is 14.7 Å². The summed E-state index contributed by atoms with van der Waals surface area (Å²) in [6, 6.07) is -1.43. The van der Waals surface area contributed by atoms with Gasteiger partial charge in [0.1, 0.15) is 12.1 Å². The van der Waals surface area contributed by atoms with E-state index in [1.807, 2.05) is 0 Å². The molecule has 1 amide bonds. The molecule has 0 saturated carbocycles. The Morgan fingerprint density at radius 3 is 2.76 bits per heavy atom. The highest BCUT2D eigenvalue weighted by Crippen LogP contribution is 2.19. The number of ether oxygens (including phenoxy) is 1. The van der Waals surface area contributed by atoms with Gasteiger partial charge in [0.25, 0.3) is 0 Å². The molecule has 2 aliphatic heterocycles. The van der Waals surface area contributed by atoms with E-state index in [4.69, 9.17) is 9.84 Å². The molecule has 3 atom stereocenters. The number of nitrogens with one attached hydrogen (secondary N) is 1. The number of amides is 1. The number of morpholine rings is 1. The Morgan fingerprint density at radius 1 is 1.41 bits per heavy atom. The summed E-state index contributed by atoms with van der Waals surface area (Å²) in [5.41, 5.74) is 0. The maximum atomic E-state index is 12.1. The monoisotopic (exact) mass is 244 g/mol. The van der Waals surface area contributed by atoms with E-state index in [1.165, 1.54) is 4.90 Å².